The molecule has 1 aromatic carbocycles. The third-order valence-corrected chi connectivity index (χ3v) is 4.85. The summed E-state index contributed by atoms with van der Waals surface area (Å²) in [7, 11) is -3.89. The van der Waals surface area contributed by atoms with Crippen LogP contribution in [-0.4, -0.2) is 37.5 Å². The summed E-state index contributed by atoms with van der Waals surface area (Å²) in [6, 6.07) is 6.62. The van der Waals surface area contributed by atoms with Crippen LogP contribution >= 0.6 is 11.8 Å². The van der Waals surface area contributed by atoms with E-state index in [1.807, 2.05) is 12.3 Å². The highest BCUT2D eigenvalue weighted by Crippen LogP contribution is 2.13. The van der Waals surface area contributed by atoms with Crippen molar-refractivity contribution in [1.82, 2.24) is 4.72 Å². The fourth-order valence-electron chi connectivity index (χ4n) is 1.60. The Hall–Kier alpha value is -1.56. The first-order valence-corrected chi connectivity index (χ1v) is 8.98. The van der Waals surface area contributed by atoms with Crippen molar-refractivity contribution in [2.24, 2.45) is 0 Å². The van der Waals surface area contributed by atoms with Gasteiger partial charge in [0.1, 0.15) is 6.04 Å². The van der Waals surface area contributed by atoms with Gasteiger partial charge in [-0.3, -0.25) is 4.79 Å². The first kappa shape index (κ1) is 17.5. The van der Waals surface area contributed by atoms with E-state index in [4.69, 9.17) is 10.4 Å². The molecular formula is C13H16N2O4S2. The van der Waals surface area contributed by atoms with E-state index in [0.29, 0.717) is 11.3 Å². The molecule has 114 valence electrons. The van der Waals surface area contributed by atoms with E-state index in [0.717, 1.165) is 0 Å². The molecule has 0 fully saturated rings. The van der Waals surface area contributed by atoms with Crippen LogP contribution in [0.4, 0.5) is 0 Å². The molecule has 6 nitrogen and oxygen atoms in total. The average Bonchev–Trinajstić information content (AvgIpc) is 2.44. The number of carboxylic acid groups (broad SMARTS) is 1. The number of rotatable bonds is 8. The Labute approximate surface area is 128 Å². The highest BCUT2D eigenvalue weighted by molar-refractivity contribution is 7.98. The van der Waals surface area contributed by atoms with Crippen LogP contribution < -0.4 is 4.72 Å². The maximum absolute atomic E-state index is 12.1. The second kappa shape index (κ2) is 8.02. The van der Waals surface area contributed by atoms with Crippen molar-refractivity contribution < 1.29 is 18.3 Å². The van der Waals surface area contributed by atoms with Crippen LogP contribution in [0.2, 0.25) is 0 Å². The Kier molecular flexibility index (Phi) is 6.68. The lowest BCUT2D eigenvalue weighted by atomic mass is 10.2. The topological polar surface area (TPSA) is 107 Å². The fourth-order valence-corrected chi connectivity index (χ4v) is 3.30. The summed E-state index contributed by atoms with van der Waals surface area (Å²) in [5.74, 6) is -0.658. The maximum atomic E-state index is 12.1. The van der Waals surface area contributed by atoms with E-state index in [9.17, 15) is 13.2 Å². The Balaban J connectivity index is 2.88. The Morgan fingerprint density at radius 2 is 2.05 bits per heavy atom. The smallest absolute Gasteiger partial charge is 0.321 e. The zero-order valence-corrected chi connectivity index (χ0v) is 13.1. The van der Waals surface area contributed by atoms with Crippen LogP contribution in [0.15, 0.2) is 29.2 Å². The number of carboxylic acids is 1. The van der Waals surface area contributed by atoms with Crippen molar-refractivity contribution in [3.05, 3.63) is 29.8 Å². The highest BCUT2D eigenvalue weighted by atomic mass is 32.2. The number of thioether (sulfide) groups is 1. The van der Waals surface area contributed by atoms with Gasteiger partial charge < -0.3 is 5.11 Å². The van der Waals surface area contributed by atoms with Crippen LogP contribution in [0.1, 0.15) is 12.0 Å². The summed E-state index contributed by atoms with van der Waals surface area (Å²) in [5.41, 5.74) is 0.702. The summed E-state index contributed by atoms with van der Waals surface area (Å²) < 4.78 is 26.5. The quantitative estimate of drug-likeness (QED) is 0.743. The van der Waals surface area contributed by atoms with Gasteiger partial charge in [-0.25, -0.2) is 8.42 Å². The largest absolute Gasteiger partial charge is 0.480 e. The second-order valence-electron chi connectivity index (χ2n) is 4.27. The molecule has 0 aromatic heterocycles. The van der Waals surface area contributed by atoms with Gasteiger partial charge in [-0.1, -0.05) is 12.1 Å². The SMILES string of the molecule is CSCC[C@H](NS(=O)(=O)c1ccc(CC#N)cc1)C(=O)O. The predicted molar refractivity (Wildman–Crippen MR) is 80.5 cm³/mol. The molecule has 0 radical (unpaired) electrons. The van der Waals surface area contributed by atoms with Gasteiger partial charge in [0.05, 0.1) is 17.4 Å². The fraction of sp³-hybridized carbons (Fsp3) is 0.385. The van der Waals surface area contributed by atoms with Gasteiger partial charge in [-0.2, -0.15) is 21.7 Å². The lowest BCUT2D eigenvalue weighted by Crippen LogP contribution is -2.41. The van der Waals surface area contributed by atoms with Crippen LogP contribution in [0.5, 0.6) is 0 Å². The molecular weight excluding hydrogens is 312 g/mol. The van der Waals surface area contributed by atoms with Gasteiger partial charge in [0.15, 0.2) is 0 Å². The molecule has 0 aliphatic carbocycles. The Morgan fingerprint density at radius 1 is 1.43 bits per heavy atom. The van der Waals surface area contributed by atoms with E-state index in [1.165, 1.54) is 36.0 Å². The third-order valence-electron chi connectivity index (χ3n) is 2.72. The Bertz CT molecular complexity index is 621. The maximum Gasteiger partial charge on any atom is 0.321 e. The van der Waals surface area contributed by atoms with Gasteiger partial charge in [-0.15, -0.1) is 0 Å². The first-order chi connectivity index (χ1) is 9.90. The molecule has 0 heterocycles. The number of carbonyl (C=O) groups is 1. The monoisotopic (exact) mass is 328 g/mol. The molecule has 0 bridgehead atoms. The number of nitrogens with zero attached hydrogens (tertiary/aromatic N) is 1. The molecule has 1 rings (SSSR count). The number of benzene rings is 1. The summed E-state index contributed by atoms with van der Waals surface area (Å²) in [6.07, 6.45) is 2.23. The molecule has 21 heavy (non-hydrogen) atoms. The molecule has 0 unspecified atom stereocenters. The van der Waals surface area contributed by atoms with Gasteiger partial charge >= 0.3 is 5.97 Å². The van der Waals surface area contributed by atoms with Crippen LogP contribution in [0.3, 0.4) is 0 Å². The van der Waals surface area contributed by atoms with E-state index >= 15 is 0 Å². The zero-order chi connectivity index (χ0) is 15.9. The number of aliphatic carboxylic acids is 1. The molecule has 0 amide bonds. The first-order valence-electron chi connectivity index (χ1n) is 6.10. The van der Waals surface area contributed by atoms with Crippen LogP contribution in [-0.2, 0) is 21.2 Å². The predicted octanol–water partition coefficient (Wildman–Crippen LogP) is 1.24. The summed E-state index contributed by atoms with van der Waals surface area (Å²) >= 11 is 1.45. The van der Waals surface area contributed by atoms with Gasteiger partial charge in [-0.05, 0) is 36.1 Å². The van der Waals surface area contributed by atoms with E-state index < -0.39 is 22.0 Å². The van der Waals surface area contributed by atoms with Crippen LogP contribution in [0.25, 0.3) is 0 Å². The van der Waals surface area contributed by atoms with E-state index in [-0.39, 0.29) is 17.7 Å². The van der Waals surface area contributed by atoms with Crippen molar-refractivity contribution >= 4 is 27.8 Å². The number of nitriles is 1. The van der Waals surface area contributed by atoms with Gasteiger partial charge in [0.25, 0.3) is 0 Å². The zero-order valence-electron chi connectivity index (χ0n) is 11.4. The molecule has 0 spiro atoms. The van der Waals surface area contributed by atoms with E-state index in [1.54, 1.807) is 0 Å². The minimum atomic E-state index is -3.89. The molecule has 0 aliphatic heterocycles. The molecule has 0 saturated carbocycles. The number of hydrogen-bond acceptors (Lipinski definition) is 5. The molecule has 2 N–H and O–H groups in total. The standard InChI is InChI=1S/C13H16N2O4S2/c1-20-9-7-12(13(16)17)15-21(18,19)11-4-2-10(3-5-11)6-8-14/h2-5,12,15H,6-7,9H2,1H3,(H,16,17)/t12-/m0/s1. The van der Waals surface area contributed by atoms with Crippen molar-refractivity contribution in [1.29, 1.82) is 5.26 Å². The van der Waals surface area contributed by atoms with Gasteiger partial charge in [0.2, 0.25) is 10.0 Å². The second-order valence-corrected chi connectivity index (χ2v) is 6.97. The van der Waals surface area contributed by atoms with Crippen molar-refractivity contribution in [3.63, 3.8) is 0 Å². The van der Waals surface area contributed by atoms with Crippen LogP contribution in [0, 0.1) is 11.3 Å². The molecule has 8 heteroatoms. The average molecular weight is 328 g/mol. The Morgan fingerprint density at radius 3 is 2.52 bits per heavy atom. The molecule has 0 saturated heterocycles. The van der Waals surface area contributed by atoms with E-state index in [2.05, 4.69) is 4.72 Å². The minimum absolute atomic E-state index is 0.0143. The normalized spacial score (nSPS) is 12.6. The molecule has 0 aliphatic rings. The lowest BCUT2D eigenvalue weighted by molar-refractivity contribution is -0.139. The number of sulfonamides is 1. The van der Waals surface area contributed by atoms with Crippen molar-refractivity contribution in [2.45, 2.75) is 23.8 Å². The molecule has 1 atom stereocenters. The van der Waals surface area contributed by atoms with Crippen molar-refractivity contribution in [3.8, 4) is 6.07 Å². The van der Waals surface area contributed by atoms with Crippen molar-refractivity contribution in [2.75, 3.05) is 12.0 Å². The number of hydrogen-bond donors (Lipinski definition) is 2. The van der Waals surface area contributed by atoms with Gasteiger partial charge in [0, 0.05) is 0 Å². The lowest BCUT2D eigenvalue weighted by Gasteiger charge is -2.14. The highest BCUT2D eigenvalue weighted by Gasteiger charge is 2.24. The summed E-state index contributed by atoms with van der Waals surface area (Å²) in [5, 5.41) is 17.6. The summed E-state index contributed by atoms with van der Waals surface area (Å²) in [6.45, 7) is 0. The number of nitrogens with one attached hydrogen (secondary N) is 1. The molecule has 1 aromatic rings. The summed E-state index contributed by atoms with van der Waals surface area (Å²) in [4.78, 5) is 11.1. The third kappa shape index (κ3) is 5.38. The minimum Gasteiger partial charge on any atom is -0.480 e.